The van der Waals surface area contributed by atoms with Gasteiger partial charge in [-0.1, -0.05) is 37.8 Å². The van der Waals surface area contributed by atoms with Crippen molar-refractivity contribution in [1.29, 1.82) is 0 Å². The molecule has 0 spiro atoms. The normalized spacial score (nSPS) is 15.0. The van der Waals surface area contributed by atoms with E-state index in [1.165, 1.54) is 25.5 Å². The summed E-state index contributed by atoms with van der Waals surface area (Å²) in [5.74, 6) is 0.588. The van der Waals surface area contributed by atoms with E-state index >= 15 is 0 Å². The van der Waals surface area contributed by atoms with Gasteiger partial charge < -0.3 is 20.1 Å². The van der Waals surface area contributed by atoms with Crippen LogP contribution >= 0.6 is 0 Å². The highest BCUT2D eigenvalue weighted by atomic mass is 16.5. The first-order valence-corrected chi connectivity index (χ1v) is 8.92. The van der Waals surface area contributed by atoms with Crippen molar-refractivity contribution >= 4 is 17.8 Å². The van der Waals surface area contributed by atoms with Gasteiger partial charge in [0, 0.05) is 19.2 Å². The van der Waals surface area contributed by atoms with Gasteiger partial charge in [-0.15, -0.1) is 0 Å². The van der Waals surface area contributed by atoms with Crippen LogP contribution in [-0.2, 0) is 4.79 Å². The number of unbranched alkanes of at least 4 members (excludes halogenated alkanes) is 1. The molecule has 0 bridgehead atoms. The Bertz CT molecular complexity index is 498. The lowest BCUT2D eigenvalue weighted by Crippen LogP contribution is -2.46. The molecule has 1 heterocycles. The first kappa shape index (κ1) is 18.3. The highest BCUT2D eigenvalue weighted by Gasteiger charge is 2.23. The van der Waals surface area contributed by atoms with Crippen LogP contribution in [0.5, 0.6) is 0 Å². The van der Waals surface area contributed by atoms with Gasteiger partial charge in [0.2, 0.25) is 5.91 Å². The molecule has 1 fully saturated rings. The van der Waals surface area contributed by atoms with Crippen molar-refractivity contribution in [1.82, 2.24) is 15.4 Å². The first-order valence-electron chi connectivity index (χ1n) is 8.92. The Kier molecular flexibility index (Phi) is 7.58. The summed E-state index contributed by atoms with van der Waals surface area (Å²) in [4.78, 5) is 26.2. The Balaban J connectivity index is 1.89. The standard InChI is InChI=1S/C17H28N4O3/c1-2-3-10-18-17(23)21(12-14-7-5-4-6-8-14)13-16(22)19-15-9-11-24-20-15/h9,11,14H,2-8,10,12-13H2,1H3,(H,18,23)(H,19,20,22). The van der Waals surface area contributed by atoms with E-state index in [4.69, 9.17) is 4.52 Å². The molecule has 7 heteroatoms. The maximum atomic E-state index is 12.4. The van der Waals surface area contributed by atoms with Crippen molar-refractivity contribution in [2.75, 3.05) is 25.0 Å². The largest absolute Gasteiger partial charge is 0.363 e. The minimum atomic E-state index is -0.259. The minimum absolute atomic E-state index is 0.0291. The highest BCUT2D eigenvalue weighted by Crippen LogP contribution is 2.24. The summed E-state index contributed by atoms with van der Waals surface area (Å²) in [6.07, 6.45) is 9.30. The van der Waals surface area contributed by atoms with E-state index in [9.17, 15) is 9.59 Å². The van der Waals surface area contributed by atoms with Crippen LogP contribution in [0.2, 0.25) is 0 Å². The molecule has 3 amide bonds. The van der Waals surface area contributed by atoms with Crippen LogP contribution in [0.1, 0.15) is 51.9 Å². The number of hydrogen-bond donors (Lipinski definition) is 2. The Morgan fingerprint density at radius 1 is 1.33 bits per heavy atom. The summed E-state index contributed by atoms with van der Waals surface area (Å²) in [7, 11) is 0. The monoisotopic (exact) mass is 336 g/mol. The molecule has 2 N–H and O–H groups in total. The number of nitrogens with zero attached hydrogens (tertiary/aromatic N) is 2. The van der Waals surface area contributed by atoms with Crippen molar-refractivity contribution in [3.63, 3.8) is 0 Å². The maximum Gasteiger partial charge on any atom is 0.317 e. The van der Waals surface area contributed by atoms with Gasteiger partial charge in [-0.25, -0.2) is 4.79 Å². The Morgan fingerprint density at radius 2 is 2.12 bits per heavy atom. The predicted molar refractivity (Wildman–Crippen MR) is 91.6 cm³/mol. The third-order valence-corrected chi connectivity index (χ3v) is 4.34. The third-order valence-electron chi connectivity index (χ3n) is 4.34. The van der Waals surface area contributed by atoms with Crippen LogP contribution in [0, 0.1) is 5.92 Å². The molecule has 1 aliphatic rings. The van der Waals surface area contributed by atoms with Gasteiger partial charge in [-0.3, -0.25) is 4.79 Å². The SMILES string of the molecule is CCCCNC(=O)N(CC(=O)Nc1ccon1)CC1CCCCC1. The molecule has 7 nitrogen and oxygen atoms in total. The van der Waals surface area contributed by atoms with Crippen LogP contribution in [0.25, 0.3) is 0 Å². The van der Waals surface area contributed by atoms with E-state index < -0.39 is 0 Å². The van der Waals surface area contributed by atoms with E-state index in [-0.39, 0.29) is 18.5 Å². The second kappa shape index (κ2) is 9.95. The maximum absolute atomic E-state index is 12.4. The summed E-state index contributed by atoms with van der Waals surface area (Å²) in [5.41, 5.74) is 0. The van der Waals surface area contributed by atoms with Crippen molar-refractivity contribution < 1.29 is 14.1 Å². The molecule has 1 aromatic rings. The van der Waals surface area contributed by atoms with Crippen LogP contribution in [0.3, 0.4) is 0 Å². The van der Waals surface area contributed by atoms with E-state index in [2.05, 4.69) is 22.7 Å². The molecule has 0 atom stereocenters. The molecule has 0 saturated heterocycles. The quantitative estimate of drug-likeness (QED) is 0.714. The van der Waals surface area contributed by atoms with Gasteiger partial charge >= 0.3 is 6.03 Å². The van der Waals surface area contributed by atoms with Crippen LogP contribution in [0.15, 0.2) is 16.9 Å². The van der Waals surface area contributed by atoms with Gasteiger partial charge in [-0.05, 0) is 25.2 Å². The van der Waals surface area contributed by atoms with E-state index in [1.54, 1.807) is 11.0 Å². The number of hydrogen-bond acceptors (Lipinski definition) is 4. The molecule has 0 aromatic carbocycles. The van der Waals surface area contributed by atoms with Gasteiger partial charge in [0.25, 0.3) is 0 Å². The van der Waals surface area contributed by atoms with Crippen LogP contribution < -0.4 is 10.6 Å². The average Bonchev–Trinajstić information content (AvgIpc) is 3.08. The zero-order chi connectivity index (χ0) is 17.2. The van der Waals surface area contributed by atoms with Gasteiger partial charge in [0.05, 0.1) is 0 Å². The molecular weight excluding hydrogens is 308 g/mol. The highest BCUT2D eigenvalue weighted by molar-refractivity contribution is 5.93. The molecule has 134 valence electrons. The van der Waals surface area contributed by atoms with Gasteiger partial charge in [0.1, 0.15) is 12.8 Å². The van der Waals surface area contributed by atoms with Gasteiger partial charge in [0.15, 0.2) is 5.82 Å². The lowest BCUT2D eigenvalue weighted by Gasteiger charge is -2.29. The van der Waals surface area contributed by atoms with E-state index in [0.717, 1.165) is 25.7 Å². The summed E-state index contributed by atoms with van der Waals surface area (Å²) in [6, 6.07) is 1.41. The zero-order valence-corrected chi connectivity index (χ0v) is 14.4. The van der Waals surface area contributed by atoms with Crippen molar-refractivity contribution in [2.24, 2.45) is 5.92 Å². The number of rotatable bonds is 8. The second-order valence-electron chi connectivity index (χ2n) is 6.40. The van der Waals surface area contributed by atoms with E-state index in [1.807, 2.05) is 0 Å². The van der Waals surface area contributed by atoms with Crippen molar-refractivity contribution in [2.45, 2.75) is 51.9 Å². The second-order valence-corrected chi connectivity index (χ2v) is 6.40. The lowest BCUT2D eigenvalue weighted by molar-refractivity contribution is -0.117. The molecule has 24 heavy (non-hydrogen) atoms. The Morgan fingerprint density at radius 3 is 2.79 bits per heavy atom. The molecular formula is C17H28N4O3. The molecule has 0 aliphatic heterocycles. The number of nitrogens with one attached hydrogen (secondary N) is 2. The van der Waals surface area contributed by atoms with Crippen LogP contribution in [0.4, 0.5) is 10.6 Å². The van der Waals surface area contributed by atoms with Crippen LogP contribution in [-0.4, -0.2) is 41.6 Å². The predicted octanol–water partition coefficient (Wildman–Crippen LogP) is 3.01. The summed E-state index contributed by atoms with van der Waals surface area (Å²) >= 11 is 0. The molecule has 2 rings (SSSR count). The van der Waals surface area contributed by atoms with Crippen molar-refractivity contribution in [3.05, 3.63) is 12.3 Å². The summed E-state index contributed by atoms with van der Waals surface area (Å²) in [6.45, 7) is 3.38. The number of urea groups is 1. The Labute approximate surface area is 143 Å². The van der Waals surface area contributed by atoms with Gasteiger partial charge in [-0.2, -0.15) is 0 Å². The summed E-state index contributed by atoms with van der Waals surface area (Å²) < 4.78 is 4.70. The van der Waals surface area contributed by atoms with Crippen molar-refractivity contribution in [3.8, 4) is 0 Å². The zero-order valence-electron chi connectivity index (χ0n) is 14.4. The number of aromatic nitrogens is 1. The smallest absolute Gasteiger partial charge is 0.317 e. The fourth-order valence-corrected chi connectivity index (χ4v) is 3.02. The summed E-state index contributed by atoms with van der Waals surface area (Å²) in [5, 5.41) is 9.22. The number of amides is 3. The molecule has 0 unspecified atom stereocenters. The molecule has 0 radical (unpaired) electrons. The third kappa shape index (κ3) is 6.22. The Hall–Kier alpha value is -2.05. The number of carbonyl (C=O) groups excluding carboxylic acids is 2. The topological polar surface area (TPSA) is 87.5 Å². The fourth-order valence-electron chi connectivity index (χ4n) is 3.02. The number of carbonyl (C=O) groups is 2. The minimum Gasteiger partial charge on any atom is -0.363 e. The number of anilines is 1. The average molecular weight is 336 g/mol. The lowest BCUT2D eigenvalue weighted by atomic mass is 9.89. The molecule has 1 aliphatic carbocycles. The first-order chi connectivity index (χ1) is 11.7. The molecule has 1 aromatic heterocycles. The fraction of sp³-hybridized carbons (Fsp3) is 0.706. The van der Waals surface area contributed by atoms with E-state index in [0.29, 0.717) is 24.8 Å². The molecule has 1 saturated carbocycles.